The minimum absolute atomic E-state index is 0.710. The van der Waals surface area contributed by atoms with E-state index < -0.39 is 0 Å². The van der Waals surface area contributed by atoms with E-state index in [2.05, 4.69) is 32.1 Å². The van der Waals surface area contributed by atoms with Crippen LogP contribution in [0.2, 0.25) is 0 Å². The number of aryl methyl sites for hydroxylation is 1. The fraction of sp³-hybridized carbons (Fsp3) is 0.533. The molecule has 1 aliphatic heterocycles. The fourth-order valence-electron chi connectivity index (χ4n) is 2.88. The summed E-state index contributed by atoms with van der Waals surface area (Å²) in [7, 11) is 2.20. The first-order valence-electron chi connectivity index (χ1n) is 7.22. The number of aromatic amines is 1. The molecule has 1 saturated heterocycles. The van der Waals surface area contributed by atoms with Gasteiger partial charge in [-0.2, -0.15) is 5.10 Å². The zero-order valence-electron chi connectivity index (χ0n) is 12.1. The maximum atomic E-state index is 4.55. The fourth-order valence-corrected chi connectivity index (χ4v) is 2.88. The maximum Gasteiger partial charge on any atom is 0.112 e. The lowest BCUT2D eigenvalue weighted by Gasteiger charge is -2.29. The van der Waals surface area contributed by atoms with Crippen molar-refractivity contribution in [3.63, 3.8) is 0 Å². The van der Waals surface area contributed by atoms with Crippen molar-refractivity contribution in [2.75, 3.05) is 20.1 Å². The van der Waals surface area contributed by atoms with Crippen molar-refractivity contribution in [3.05, 3.63) is 29.8 Å². The number of nitrogens with zero attached hydrogens (tertiary/aromatic N) is 4. The molecule has 0 bridgehead atoms. The molecule has 1 aliphatic rings. The van der Waals surface area contributed by atoms with Gasteiger partial charge in [0.15, 0.2) is 0 Å². The van der Waals surface area contributed by atoms with Crippen LogP contribution < -0.4 is 0 Å². The van der Waals surface area contributed by atoms with Crippen molar-refractivity contribution in [2.45, 2.75) is 26.2 Å². The van der Waals surface area contributed by atoms with Crippen LogP contribution in [0.25, 0.3) is 11.4 Å². The standard InChI is InChI=1S/C15H21N5/c1-11-6-14(19-18-11)15-9-16-13(8-17-15)7-12-4-3-5-20(2)10-12/h6,8-9,12H,3-5,7,10H2,1-2H3,(H,18,19). The van der Waals surface area contributed by atoms with Crippen molar-refractivity contribution in [1.82, 2.24) is 25.1 Å². The highest BCUT2D eigenvalue weighted by atomic mass is 15.1. The number of likely N-dealkylation sites (tertiary alicyclic amines) is 1. The number of hydrogen-bond acceptors (Lipinski definition) is 4. The van der Waals surface area contributed by atoms with E-state index in [0.29, 0.717) is 5.92 Å². The number of H-pyrrole nitrogens is 1. The van der Waals surface area contributed by atoms with Gasteiger partial charge in [0.05, 0.1) is 11.9 Å². The highest BCUT2D eigenvalue weighted by Gasteiger charge is 2.18. The number of hydrogen-bond donors (Lipinski definition) is 1. The Morgan fingerprint density at radius 1 is 1.30 bits per heavy atom. The van der Waals surface area contributed by atoms with E-state index in [0.717, 1.165) is 29.2 Å². The summed E-state index contributed by atoms with van der Waals surface area (Å²) in [4.78, 5) is 11.4. The van der Waals surface area contributed by atoms with E-state index >= 15 is 0 Å². The van der Waals surface area contributed by atoms with Gasteiger partial charge in [-0.1, -0.05) is 0 Å². The molecular weight excluding hydrogens is 250 g/mol. The molecule has 0 saturated carbocycles. The van der Waals surface area contributed by atoms with Crippen molar-refractivity contribution >= 4 is 0 Å². The lowest BCUT2D eigenvalue weighted by molar-refractivity contribution is 0.208. The summed E-state index contributed by atoms with van der Waals surface area (Å²) in [5.74, 6) is 0.710. The van der Waals surface area contributed by atoms with Crippen molar-refractivity contribution in [2.24, 2.45) is 5.92 Å². The van der Waals surface area contributed by atoms with Crippen LogP contribution >= 0.6 is 0 Å². The van der Waals surface area contributed by atoms with E-state index in [4.69, 9.17) is 0 Å². The third-order valence-electron chi connectivity index (χ3n) is 3.89. The summed E-state index contributed by atoms with van der Waals surface area (Å²) in [5.41, 5.74) is 3.82. The van der Waals surface area contributed by atoms with Crippen molar-refractivity contribution < 1.29 is 0 Å². The van der Waals surface area contributed by atoms with Crippen LogP contribution in [0.1, 0.15) is 24.2 Å². The molecule has 2 aromatic rings. The highest BCUT2D eigenvalue weighted by molar-refractivity contribution is 5.52. The first-order chi connectivity index (χ1) is 9.70. The molecule has 1 atom stereocenters. The summed E-state index contributed by atoms with van der Waals surface area (Å²) in [6.07, 6.45) is 7.34. The smallest absolute Gasteiger partial charge is 0.112 e. The van der Waals surface area contributed by atoms with Crippen LogP contribution in [0.3, 0.4) is 0 Å². The number of piperidine rings is 1. The van der Waals surface area contributed by atoms with E-state index in [1.165, 1.54) is 25.9 Å². The van der Waals surface area contributed by atoms with Gasteiger partial charge >= 0.3 is 0 Å². The van der Waals surface area contributed by atoms with Gasteiger partial charge in [-0.15, -0.1) is 0 Å². The molecule has 2 aromatic heterocycles. The molecule has 3 rings (SSSR count). The third kappa shape index (κ3) is 3.04. The molecule has 1 unspecified atom stereocenters. The van der Waals surface area contributed by atoms with Gasteiger partial charge < -0.3 is 4.90 Å². The van der Waals surface area contributed by atoms with Gasteiger partial charge in [-0.25, -0.2) is 0 Å². The number of aromatic nitrogens is 4. The molecule has 0 amide bonds. The van der Waals surface area contributed by atoms with Gasteiger partial charge in [-0.05, 0) is 51.8 Å². The molecule has 3 heterocycles. The number of nitrogens with one attached hydrogen (secondary N) is 1. The van der Waals surface area contributed by atoms with Gasteiger partial charge in [0.2, 0.25) is 0 Å². The minimum atomic E-state index is 0.710. The minimum Gasteiger partial charge on any atom is -0.306 e. The normalized spacial score (nSPS) is 20.2. The molecule has 0 spiro atoms. The average molecular weight is 271 g/mol. The van der Waals surface area contributed by atoms with Gasteiger partial charge in [0, 0.05) is 18.4 Å². The molecular formula is C15H21N5. The molecule has 5 nitrogen and oxygen atoms in total. The molecule has 1 fully saturated rings. The first kappa shape index (κ1) is 13.2. The molecule has 106 valence electrons. The van der Waals surface area contributed by atoms with Gasteiger partial charge in [0.1, 0.15) is 11.4 Å². The molecule has 5 heteroatoms. The predicted octanol–water partition coefficient (Wildman–Crippen LogP) is 2.06. The van der Waals surface area contributed by atoms with Crippen LogP contribution in [-0.2, 0) is 6.42 Å². The highest BCUT2D eigenvalue weighted by Crippen LogP contribution is 2.20. The van der Waals surface area contributed by atoms with E-state index in [1.54, 1.807) is 0 Å². The van der Waals surface area contributed by atoms with Crippen LogP contribution in [0.5, 0.6) is 0 Å². The van der Waals surface area contributed by atoms with Gasteiger partial charge in [-0.3, -0.25) is 15.1 Å². The van der Waals surface area contributed by atoms with E-state index in [9.17, 15) is 0 Å². The molecule has 0 aromatic carbocycles. The maximum absolute atomic E-state index is 4.55. The lowest BCUT2D eigenvalue weighted by atomic mass is 9.94. The van der Waals surface area contributed by atoms with E-state index in [1.807, 2.05) is 25.4 Å². The SMILES string of the molecule is Cc1cc(-c2cnc(CC3CCCN(C)C3)cn2)n[nH]1. The zero-order valence-corrected chi connectivity index (χ0v) is 12.1. The van der Waals surface area contributed by atoms with Crippen LogP contribution in [0.15, 0.2) is 18.5 Å². The lowest BCUT2D eigenvalue weighted by Crippen LogP contribution is -2.33. The Labute approximate surface area is 119 Å². The summed E-state index contributed by atoms with van der Waals surface area (Å²) in [6, 6.07) is 1.99. The third-order valence-corrected chi connectivity index (χ3v) is 3.89. The second kappa shape index (κ2) is 5.71. The Morgan fingerprint density at radius 2 is 2.20 bits per heavy atom. The largest absolute Gasteiger partial charge is 0.306 e. The molecule has 20 heavy (non-hydrogen) atoms. The first-order valence-corrected chi connectivity index (χ1v) is 7.22. The zero-order chi connectivity index (χ0) is 13.9. The summed E-state index contributed by atoms with van der Waals surface area (Å²) in [5, 5.41) is 7.14. The topological polar surface area (TPSA) is 57.7 Å². The summed E-state index contributed by atoms with van der Waals surface area (Å²) in [6.45, 7) is 4.37. The van der Waals surface area contributed by atoms with Crippen LogP contribution in [-0.4, -0.2) is 45.2 Å². The molecule has 0 radical (unpaired) electrons. The molecule has 1 N–H and O–H groups in total. The monoisotopic (exact) mass is 271 g/mol. The van der Waals surface area contributed by atoms with Gasteiger partial charge in [0.25, 0.3) is 0 Å². The Bertz CT molecular complexity index is 560. The van der Waals surface area contributed by atoms with Crippen molar-refractivity contribution in [3.8, 4) is 11.4 Å². The Hall–Kier alpha value is -1.75. The summed E-state index contributed by atoms with van der Waals surface area (Å²) >= 11 is 0. The second-order valence-corrected chi connectivity index (χ2v) is 5.80. The Morgan fingerprint density at radius 3 is 2.85 bits per heavy atom. The summed E-state index contributed by atoms with van der Waals surface area (Å²) < 4.78 is 0. The average Bonchev–Trinajstić information content (AvgIpc) is 2.86. The predicted molar refractivity (Wildman–Crippen MR) is 78.3 cm³/mol. The Balaban J connectivity index is 1.67. The second-order valence-electron chi connectivity index (χ2n) is 5.80. The van der Waals surface area contributed by atoms with Crippen LogP contribution in [0, 0.1) is 12.8 Å². The van der Waals surface area contributed by atoms with Crippen LogP contribution in [0.4, 0.5) is 0 Å². The number of rotatable bonds is 3. The Kier molecular flexibility index (Phi) is 3.78. The molecule has 0 aliphatic carbocycles. The quantitative estimate of drug-likeness (QED) is 0.928. The van der Waals surface area contributed by atoms with E-state index in [-0.39, 0.29) is 0 Å². The van der Waals surface area contributed by atoms with Crippen molar-refractivity contribution in [1.29, 1.82) is 0 Å².